The summed E-state index contributed by atoms with van der Waals surface area (Å²) in [4.78, 5) is 36.7. The van der Waals surface area contributed by atoms with E-state index in [-0.39, 0.29) is 6.54 Å². The molecule has 0 saturated carbocycles. The fourth-order valence-electron chi connectivity index (χ4n) is 1.88. The number of esters is 2. The van der Waals surface area contributed by atoms with Crippen molar-refractivity contribution in [2.75, 3.05) is 20.7 Å². The summed E-state index contributed by atoms with van der Waals surface area (Å²) in [5.41, 5.74) is -0.651. The Balaban J connectivity index is 2.89. The highest BCUT2D eigenvalue weighted by atomic mass is 16.6. The fourth-order valence-corrected chi connectivity index (χ4v) is 1.88. The van der Waals surface area contributed by atoms with Gasteiger partial charge in [-0.2, -0.15) is 0 Å². The molecular weight excluding hydrogens is 238 g/mol. The van der Waals surface area contributed by atoms with Crippen LogP contribution in [0.1, 0.15) is 20.8 Å². The molecule has 102 valence electrons. The van der Waals surface area contributed by atoms with Gasteiger partial charge in [0.2, 0.25) is 5.91 Å². The van der Waals surface area contributed by atoms with Crippen LogP contribution < -0.4 is 0 Å². The molecule has 1 aliphatic heterocycles. The standard InChI is InChI=1S/C12H19NO5/c1-12(2,3)18-10(15)7-6-13(4)9(14)8(7)11(16)17-5/h7-8H,6H2,1-5H3/t7-,8+/m0/s1. The molecule has 0 aliphatic carbocycles. The Hall–Kier alpha value is -1.59. The van der Waals surface area contributed by atoms with Crippen LogP contribution in [0.25, 0.3) is 0 Å². The molecule has 0 bridgehead atoms. The van der Waals surface area contributed by atoms with E-state index in [1.54, 1.807) is 27.8 Å². The van der Waals surface area contributed by atoms with E-state index in [4.69, 9.17) is 4.74 Å². The number of methoxy groups -OCH3 is 1. The first-order valence-electron chi connectivity index (χ1n) is 5.73. The maximum atomic E-state index is 12.0. The molecule has 0 unspecified atom stereocenters. The third-order valence-corrected chi connectivity index (χ3v) is 2.68. The van der Waals surface area contributed by atoms with Gasteiger partial charge < -0.3 is 14.4 Å². The summed E-state index contributed by atoms with van der Waals surface area (Å²) in [6, 6.07) is 0. The molecule has 18 heavy (non-hydrogen) atoms. The average molecular weight is 257 g/mol. The Morgan fingerprint density at radius 1 is 1.28 bits per heavy atom. The number of amides is 1. The van der Waals surface area contributed by atoms with Crippen LogP contribution in [-0.2, 0) is 23.9 Å². The predicted octanol–water partition coefficient (Wildman–Crippen LogP) is 0.205. The van der Waals surface area contributed by atoms with Gasteiger partial charge in [-0.3, -0.25) is 14.4 Å². The normalized spacial score (nSPS) is 24.1. The van der Waals surface area contributed by atoms with E-state index in [0.29, 0.717) is 0 Å². The van der Waals surface area contributed by atoms with Crippen LogP contribution in [0.15, 0.2) is 0 Å². The van der Waals surface area contributed by atoms with Gasteiger partial charge in [0.25, 0.3) is 0 Å². The second-order valence-electron chi connectivity index (χ2n) is 5.36. The summed E-state index contributed by atoms with van der Waals surface area (Å²) in [5.74, 6) is -3.53. The lowest BCUT2D eigenvalue weighted by molar-refractivity contribution is -0.166. The zero-order valence-electron chi connectivity index (χ0n) is 11.4. The molecular formula is C12H19NO5. The number of ether oxygens (including phenoxy) is 2. The molecule has 0 aromatic carbocycles. The second-order valence-corrected chi connectivity index (χ2v) is 5.36. The highest BCUT2D eigenvalue weighted by Crippen LogP contribution is 2.27. The van der Waals surface area contributed by atoms with E-state index in [1.165, 1.54) is 12.0 Å². The van der Waals surface area contributed by atoms with E-state index in [9.17, 15) is 14.4 Å². The SMILES string of the molecule is COC(=O)[C@H]1C(=O)N(C)C[C@@H]1C(=O)OC(C)(C)C. The number of nitrogens with zero attached hydrogens (tertiary/aromatic N) is 1. The molecule has 0 N–H and O–H groups in total. The van der Waals surface area contributed by atoms with Crippen LogP contribution in [0, 0.1) is 11.8 Å². The van der Waals surface area contributed by atoms with Crippen LogP contribution in [0.2, 0.25) is 0 Å². The van der Waals surface area contributed by atoms with Crippen molar-refractivity contribution >= 4 is 17.8 Å². The summed E-state index contributed by atoms with van der Waals surface area (Å²) in [7, 11) is 2.74. The molecule has 2 atom stereocenters. The summed E-state index contributed by atoms with van der Waals surface area (Å²) < 4.78 is 9.79. The van der Waals surface area contributed by atoms with Crippen LogP contribution in [0.5, 0.6) is 0 Å². The minimum atomic E-state index is -1.09. The Kier molecular flexibility index (Phi) is 3.98. The van der Waals surface area contributed by atoms with Crippen molar-refractivity contribution in [2.45, 2.75) is 26.4 Å². The first kappa shape index (κ1) is 14.5. The van der Waals surface area contributed by atoms with E-state index in [2.05, 4.69) is 4.74 Å². The van der Waals surface area contributed by atoms with Crippen molar-refractivity contribution in [3.8, 4) is 0 Å². The smallest absolute Gasteiger partial charge is 0.319 e. The van der Waals surface area contributed by atoms with Gasteiger partial charge in [-0.15, -0.1) is 0 Å². The molecule has 1 fully saturated rings. The lowest BCUT2D eigenvalue weighted by Crippen LogP contribution is -2.36. The third-order valence-electron chi connectivity index (χ3n) is 2.68. The van der Waals surface area contributed by atoms with Crippen LogP contribution in [0.4, 0.5) is 0 Å². The van der Waals surface area contributed by atoms with Crippen molar-refractivity contribution in [2.24, 2.45) is 11.8 Å². The van der Waals surface area contributed by atoms with Crippen LogP contribution in [-0.4, -0.2) is 49.0 Å². The third kappa shape index (κ3) is 3.00. The van der Waals surface area contributed by atoms with Crippen molar-refractivity contribution in [3.63, 3.8) is 0 Å². The van der Waals surface area contributed by atoms with Gasteiger partial charge in [0.1, 0.15) is 5.60 Å². The van der Waals surface area contributed by atoms with Crippen molar-refractivity contribution in [1.29, 1.82) is 0 Å². The minimum absolute atomic E-state index is 0.174. The summed E-state index contributed by atoms with van der Waals surface area (Å²) in [6.07, 6.45) is 0. The largest absolute Gasteiger partial charge is 0.468 e. The molecule has 6 heteroatoms. The van der Waals surface area contributed by atoms with E-state index in [1.807, 2.05) is 0 Å². The van der Waals surface area contributed by atoms with Gasteiger partial charge >= 0.3 is 11.9 Å². The average Bonchev–Trinajstić information content (AvgIpc) is 2.52. The minimum Gasteiger partial charge on any atom is -0.468 e. The summed E-state index contributed by atoms with van der Waals surface area (Å²) in [5, 5.41) is 0. The van der Waals surface area contributed by atoms with E-state index in [0.717, 1.165) is 0 Å². The Morgan fingerprint density at radius 3 is 2.28 bits per heavy atom. The monoisotopic (exact) mass is 257 g/mol. The topological polar surface area (TPSA) is 72.9 Å². The molecule has 0 radical (unpaired) electrons. The molecule has 0 spiro atoms. The molecule has 6 nitrogen and oxygen atoms in total. The van der Waals surface area contributed by atoms with Crippen molar-refractivity contribution in [3.05, 3.63) is 0 Å². The Morgan fingerprint density at radius 2 is 1.83 bits per heavy atom. The predicted molar refractivity (Wildman–Crippen MR) is 62.5 cm³/mol. The van der Waals surface area contributed by atoms with Crippen LogP contribution >= 0.6 is 0 Å². The Bertz CT molecular complexity index is 371. The second kappa shape index (κ2) is 4.96. The number of rotatable bonds is 2. The molecule has 1 amide bonds. The van der Waals surface area contributed by atoms with Crippen LogP contribution in [0.3, 0.4) is 0 Å². The molecule has 1 saturated heterocycles. The van der Waals surface area contributed by atoms with Gasteiger partial charge in [0.05, 0.1) is 13.0 Å². The first-order valence-corrected chi connectivity index (χ1v) is 5.73. The maximum Gasteiger partial charge on any atom is 0.319 e. The number of carbonyl (C=O) groups excluding carboxylic acids is 3. The Labute approximate surface area is 106 Å². The zero-order valence-corrected chi connectivity index (χ0v) is 11.4. The molecule has 1 heterocycles. The zero-order chi connectivity index (χ0) is 14.1. The number of hydrogen-bond acceptors (Lipinski definition) is 5. The lowest BCUT2D eigenvalue weighted by Gasteiger charge is -2.23. The van der Waals surface area contributed by atoms with Crippen molar-refractivity contribution in [1.82, 2.24) is 4.90 Å². The van der Waals surface area contributed by atoms with Gasteiger partial charge in [0, 0.05) is 13.6 Å². The highest BCUT2D eigenvalue weighted by molar-refractivity contribution is 6.03. The van der Waals surface area contributed by atoms with Gasteiger partial charge in [0.15, 0.2) is 5.92 Å². The lowest BCUT2D eigenvalue weighted by atomic mass is 9.95. The van der Waals surface area contributed by atoms with E-state index < -0.39 is 35.3 Å². The maximum absolute atomic E-state index is 12.0. The number of carbonyl (C=O) groups is 3. The number of hydrogen-bond donors (Lipinski definition) is 0. The van der Waals surface area contributed by atoms with Gasteiger partial charge in [-0.1, -0.05) is 0 Å². The molecule has 1 aliphatic rings. The molecule has 0 aromatic heterocycles. The van der Waals surface area contributed by atoms with Gasteiger partial charge in [-0.05, 0) is 20.8 Å². The molecule has 0 aromatic rings. The quantitative estimate of drug-likeness (QED) is 0.522. The van der Waals surface area contributed by atoms with Crippen molar-refractivity contribution < 1.29 is 23.9 Å². The van der Waals surface area contributed by atoms with Gasteiger partial charge in [-0.25, -0.2) is 0 Å². The fraction of sp³-hybridized carbons (Fsp3) is 0.750. The molecule has 1 rings (SSSR count). The first-order chi connectivity index (χ1) is 8.17. The highest BCUT2D eigenvalue weighted by Gasteiger charge is 2.49. The van der Waals surface area contributed by atoms with E-state index >= 15 is 0 Å². The summed E-state index contributed by atoms with van der Waals surface area (Å²) in [6.45, 7) is 5.38. The number of likely N-dealkylation sites (tertiary alicyclic amines) is 1. The summed E-state index contributed by atoms with van der Waals surface area (Å²) >= 11 is 0.